The van der Waals surface area contributed by atoms with Crippen molar-refractivity contribution in [3.05, 3.63) is 4.91 Å². The van der Waals surface area contributed by atoms with Crippen molar-refractivity contribution in [1.29, 1.82) is 0 Å². The minimum atomic E-state index is 0.115. The molecule has 0 aromatic heterocycles. The highest BCUT2D eigenvalue weighted by molar-refractivity contribution is 4.97. The highest BCUT2D eigenvalue weighted by Gasteiger charge is 2.45. The van der Waals surface area contributed by atoms with E-state index in [1.165, 1.54) is 58.0 Å². The van der Waals surface area contributed by atoms with Gasteiger partial charge >= 0.3 is 0 Å². The van der Waals surface area contributed by atoms with Crippen molar-refractivity contribution in [3.63, 3.8) is 0 Å². The van der Waals surface area contributed by atoms with Crippen LogP contribution < -0.4 is 0 Å². The smallest absolute Gasteiger partial charge is 0.0921 e. The summed E-state index contributed by atoms with van der Waals surface area (Å²) in [6, 6.07) is 0.863. The molecule has 0 unspecified atom stereocenters. The van der Waals surface area contributed by atoms with Gasteiger partial charge in [0.25, 0.3) is 0 Å². The Labute approximate surface area is 117 Å². The van der Waals surface area contributed by atoms with Gasteiger partial charge in [-0.05, 0) is 75.8 Å². The highest BCUT2D eigenvalue weighted by Crippen LogP contribution is 2.53. The molecule has 2 saturated carbocycles. The minimum absolute atomic E-state index is 0.115. The maximum atomic E-state index is 10.6. The molecule has 2 aliphatic carbocycles. The monoisotopic (exact) mass is 264 g/mol. The molecule has 0 amide bonds. The van der Waals surface area contributed by atoms with Gasteiger partial charge in [-0.3, -0.25) is 0 Å². The first kappa shape index (κ1) is 13.5. The van der Waals surface area contributed by atoms with E-state index in [0.717, 1.165) is 30.2 Å². The number of hydrogen-bond acceptors (Lipinski definition) is 3. The molecule has 0 radical (unpaired) electrons. The minimum Gasteiger partial charge on any atom is -0.300 e. The van der Waals surface area contributed by atoms with Gasteiger partial charge in [-0.2, -0.15) is 4.91 Å². The molecule has 3 aliphatic rings. The molecule has 1 heterocycles. The summed E-state index contributed by atoms with van der Waals surface area (Å²) < 4.78 is 0. The molecule has 0 aromatic rings. The Balaban J connectivity index is 1.45. The fourth-order valence-corrected chi connectivity index (χ4v) is 4.75. The van der Waals surface area contributed by atoms with Crippen LogP contribution in [0.5, 0.6) is 0 Å². The molecule has 3 fully saturated rings. The molecular formula is C16H28N2O. The van der Waals surface area contributed by atoms with Gasteiger partial charge in [-0.1, -0.05) is 18.5 Å². The maximum Gasteiger partial charge on any atom is 0.0921 e. The van der Waals surface area contributed by atoms with E-state index in [9.17, 15) is 4.91 Å². The summed E-state index contributed by atoms with van der Waals surface area (Å²) in [4.78, 5) is 13.3. The van der Waals surface area contributed by atoms with Crippen molar-refractivity contribution in [2.24, 2.45) is 16.5 Å². The molecule has 108 valence electrons. The van der Waals surface area contributed by atoms with Crippen LogP contribution in [-0.2, 0) is 0 Å². The zero-order valence-electron chi connectivity index (χ0n) is 12.3. The summed E-state index contributed by atoms with van der Waals surface area (Å²) in [5.41, 5.74) is 0.735. The topological polar surface area (TPSA) is 32.7 Å². The van der Waals surface area contributed by atoms with E-state index in [1.54, 1.807) is 0 Å². The first-order valence-corrected chi connectivity index (χ1v) is 8.31. The molecular weight excluding hydrogens is 236 g/mol. The third-order valence-corrected chi connectivity index (χ3v) is 6.21. The summed E-state index contributed by atoms with van der Waals surface area (Å²) in [7, 11) is 0. The summed E-state index contributed by atoms with van der Waals surface area (Å²) in [6.07, 6.45) is 11.7. The number of nitrogens with zero attached hydrogens (tertiary/aromatic N) is 2. The SMILES string of the molecule is CCC1CC2(CCN(C3CCC(N=O)CC3)CC2)C1. The Hall–Kier alpha value is -0.440. The molecule has 0 bridgehead atoms. The number of hydrogen-bond donors (Lipinski definition) is 0. The van der Waals surface area contributed by atoms with Crippen LogP contribution in [0.2, 0.25) is 0 Å². The standard InChI is InChI=1S/C16H28N2O/c1-2-13-11-16(12-13)7-9-18(10-8-16)15-5-3-14(17-19)4-6-15/h13-15H,2-12H2,1H3. The van der Waals surface area contributed by atoms with Crippen LogP contribution >= 0.6 is 0 Å². The molecule has 0 N–H and O–H groups in total. The van der Waals surface area contributed by atoms with Crippen molar-refractivity contribution in [2.45, 2.75) is 76.8 Å². The molecule has 3 heteroatoms. The van der Waals surface area contributed by atoms with E-state index in [2.05, 4.69) is 17.0 Å². The quantitative estimate of drug-likeness (QED) is 0.723. The Morgan fingerprint density at radius 1 is 1.11 bits per heavy atom. The molecule has 1 saturated heterocycles. The van der Waals surface area contributed by atoms with Gasteiger partial charge in [0, 0.05) is 6.04 Å². The van der Waals surface area contributed by atoms with Crippen LogP contribution in [0.3, 0.4) is 0 Å². The van der Waals surface area contributed by atoms with Crippen molar-refractivity contribution in [3.8, 4) is 0 Å². The lowest BCUT2D eigenvalue weighted by Crippen LogP contribution is -2.50. The van der Waals surface area contributed by atoms with Gasteiger partial charge in [0.15, 0.2) is 0 Å². The van der Waals surface area contributed by atoms with Gasteiger partial charge in [0.1, 0.15) is 0 Å². The predicted molar refractivity (Wildman–Crippen MR) is 78.1 cm³/mol. The van der Waals surface area contributed by atoms with Crippen molar-refractivity contribution in [1.82, 2.24) is 4.90 Å². The lowest BCUT2D eigenvalue weighted by molar-refractivity contribution is -0.0296. The third kappa shape index (κ3) is 2.72. The van der Waals surface area contributed by atoms with E-state index in [4.69, 9.17) is 0 Å². The zero-order valence-corrected chi connectivity index (χ0v) is 12.3. The summed E-state index contributed by atoms with van der Waals surface area (Å²) in [5, 5.41) is 3.22. The van der Waals surface area contributed by atoms with Gasteiger partial charge in [-0.15, -0.1) is 0 Å². The fourth-order valence-electron chi connectivity index (χ4n) is 4.75. The molecule has 3 nitrogen and oxygen atoms in total. The molecule has 3 rings (SSSR count). The van der Waals surface area contributed by atoms with Crippen LogP contribution in [0.4, 0.5) is 0 Å². The Bertz CT molecular complexity index is 307. The number of piperidine rings is 1. The fraction of sp³-hybridized carbons (Fsp3) is 1.00. The second-order valence-electron chi connectivity index (χ2n) is 7.29. The van der Waals surface area contributed by atoms with E-state index >= 15 is 0 Å². The summed E-state index contributed by atoms with van der Waals surface area (Å²) >= 11 is 0. The van der Waals surface area contributed by atoms with Crippen molar-refractivity contribution in [2.75, 3.05) is 13.1 Å². The van der Waals surface area contributed by atoms with Gasteiger partial charge in [0.05, 0.1) is 6.04 Å². The Kier molecular flexibility index (Phi) is 3.93. The molecule has 1 aliphatic heterocycles. The maximum absolute atomic E-state index is 10.6. The first-order valence-electron chi connectivity index (χ1n) is 8.31. The average Bonchev–Trinajstić information content (AvgIpc) is 2.45. The van der Waals surface area contributed by atoms with Crippen LogP contribution in [0.1, 0.15) is 64.7 Å². The normalized spacial score (nSPS) is 36.1. The Morgan fingerprint density at radius 2 is 1.74 bits per heavy atom. The van der Waals surface area contributed by atoms with Crippen molar-refractivity contribution < 1.29 is 0 Å². The largest absolute Gasteiger partial charge is 0.300 e. The van der Waals surface area contributed by atoms with Crippen LogP contribution in [-0.4, -0.2) is 30.1 Å². The van der Waals surface area contributed by atoms with E-state index < -0.39 is 0 Å². The predicted octanol–water partition coefficient (Wildman–Crippen LogP) is 3.97. The van der Waals surface area contributed by atoms with Crippen molar-refractivity contribution >= 4 is 0 Å². The summed E-state index contributed by atoms with van der Waals surface area (Å²) in [5.74, 6) is 1.03. The molecule has 0 atom stereocenters. The van der Waals surface area contributed by atoms with Crippen LogP contribution in [0, 0.1) is 16.2 Å². The van der Waals surface area contributed by atoms with Crippen LogP contribution in [0.25, 0.3) is 0 Å². The molecule has 0 aromatic carbocycles. The second-order valence-corrected chi connectivity index (χ2v) is 7.29. The lowest BCUT2D eigenvalue weighted by atomic mass is 9.57. The Morgan fingerprint density at radius 3 is 2.26 bits per heavy atom. The molecule has 19 heavy (non-hydrogen) atoms. The van der Waals surface area contributed by atoms with Gasteiger partial charge in [-0.25, -0.2) is 0 Å². The lowest BCUT2D eigenvalue weighted by Gasteiger charge is -2.53. The van der Waals surface area contributed by atoms with E-state index in [-0.39, 0.29) is 6.04 Å². The number of likely N-dealkylation sites (tertiary alicyclic amines) is 1. The number of rotatable bonds is 3. The summed E-state index contributed by atoms with van der Waals surface area (Å²) in [6.45, 7) is 4.95. The number of nitroso groups, excluding NO2 is 1. The zero-order chi connectivity index (χ0) is 13.3. The average molecular weight is 264 g/mol. The third-order valence-electron chi connectivity index (χ3n) is 6.21. The van der Waals surface area contributed by atoms with Crippen LogP contribution in [0.15, 0.2) is 5.18 Å². The van der Waals surface area contributed by atoms with Gasteiger partial charge < -0.3 is 4.90 Å². The van der Waals surface area contributed by atoms with Gasteiger partial charge in [0.2, 0.25) is 0 Å². The second kappa shape index (κ2) is 5.51. The van der Waals surface area contributed by atoms with E-state index in [0.29, 0.717) is 0 Å². The molecule has 1 spiro atoms. The first-order chi connectivity index (χ1) is 9.24. The highest BCUT2D eigenvalue weighted by atomic mass is 16.3. The van der Waals surface area contributed by atoms with E-state index in [1.807, 2.05) is 0 Å².